The number of aryl methyl sites for hydroxylation is 3. The van der Waals surface area contributed by atoms with Crippen molar-refractivity contribution in [1.82, 2.24) is 0 Å². The molecular weight excluding hydrogens is 468 g/mol. The molecule has 3 nitrogen and oxygen atoms in total. The van der Waals surface area contributed by atoms with Crippen LogP contribution in [0.3, 0.4) is 0 Å². The second-order valence-corrected chi connectivity index (χ2v) is 10.1. The quantitative estimate of drug-likeness (QED) is 0.207. The van der Waals surface area contributed by atoms with Crippen LogP contribution in [0.4, 0.5) is 0 Å². The molecule has 0 radical (unpaired) electrons. The first-order valence-electron chi connectivity index (χ1n) is 12.9. The maximum absolute atomic E-state index is 12.1. The Bertz CT molecular complexity index is 1460. The summed E-state index contributed by atoms with van der Waals surface area (Å²) in [5.74, 6) is -0.264. The Hall–Kier alpha value is -4.50. The van der Waals surface area contributed by atoms with Crippen molar-refractivity contribution >= 4 is 0 Å². The molecule has 5 aromatic carbocycles. The molecular formula is C35H32O3. The van der Waals surface area contributed by atoms with Crippen molar-refractivity contribution < 1.29 is 15.3 Å². The number of hydrogen-bond acceptors (Lipinski definition) is 3. The molecule has 2 unspecified atom stereocenters. The van der Waals surface area contributed by atoms with Gasteiger partial charge >= 0.3 is 0 Å². The summed E-state index contributed by atoms with van der Waals surface area (Å²) in [5.41, 5.74) is 7.85. The van der Waals surface area contributed by atoms with E-state index in [2.05, 4.69) is 0 Å². The summed E-state index contributed by atoms with van der Waals surface area (Å²) >= 11 is 0. The number of rotatable bonds is 6. The third kappa shape index (κ3) is 4.88. The van der Waals surface area contributed by atoms with Gasteiger partial charge in [0.15, 0.2) is 0 Å². The highest BCUT2D eigenvalue weighted by Crippen LogP contribution is 2.47. The second kappa shape index (κ2) is 10.5. The minimum absolute atomic E-state index is 0.153. The predicted molar refractivity (Wildman–Crippen MR) is 153 cm³/mol. The molecule has 0 fully saturated rings. The lowest BCUT2D eigenvalue weighted by molar-refractivity contribution is 0.450. The maximum atomic E-state index is 12.1. The van der Waals surface area contributed by atoms with Gasteiger partial charge in [0.2, 0.25) is 0 Å². The van der Waals surface area contributed by atoms with Gasteiger partial charge < -0.3 is 15.3 Å². The summed E-state index contributed by atoms with van der Waals surface area (Å²) in [6, 6.07) is 35.1. The fourth-order valence-corrected chi connectivity index (χ4v) is 5.43. The Morgan fingerprint density at radius 3 is 1.18 bits per heavy atom. The minimum Gasteiger partial charge on any atom is -0.508 e. The average molecular weight is 501 g/mol. The first kappa shape index (κ1) is 25.2. The van der Waals surface area contributed by atoms with Gasteiger partial charge in [-0.2, -0.15) is 0 Å². The number of aromatic hydroxyl groups is 3. The molecule has 2 atom stereocenters. The molecule has 0 aromatic heterocycles. The zero-order valence-corrected chi connectivity index (χ0v) is 21.9. The number of hydrogen-bond donors (Lipinski definition) is 3. The molecule has 3 N–H and O–H groups in total. The van der Waals surface area contributed by atoms with Crippen LogP contribution >= 0.6 is 0 Å². The minimum atomic E-state index is -0.391. The summed E-state index contributed by atoms with van der Waals surface area (Å²) in [4.78, 5) is 0. The Labute approximate surface area is 224 Å². The van der Waals surface area contributed by atoms with E-state index in [0.717, 1.165) is 38.9 Å². The molecule has 0 amide bonds. The molecule has 0 saturated heterocycles. The molecule has 0 aliphatic heterocycles. The first-order valence-corrected chi connectivity index (χ1v) is 12.9. The van der Waals surface area contributed by atoms with Crippen molar-refractivity contribution in [3.63, 3.8) is 0 Å². The van der Waals surface area contributed by atoms with Gasteiger partial charge in [-0.1, -0.05) is 114 Å². The highest BCUT2D eigenvalue weighted by Gasteiger charge is 2.29. The number of benzene rings is 5. The van der Waals surface area contributed by atoms with Crippen LogP contribution in [0.25, 0.3) is 0 Å². The van der Waals surface area contributed by atoms with Gasteiger partial charge in [0, 0.05) is 34.1 Å². The van der Waals surface area contributed by atoms with E-state index in [1.54, 1.807) is 12.1 Å². The van der Waals surface area contributed by atoms with E-state index in [1.165, 1.54) is 0 Å². The zero-order valence-electron chi connectivity index (χ0n) is 21.9. The Balaban J connectivity index is 1.80. The summed E-state index contributed by atoms with van der Waals surface area (Å²) in [5, 5.41) is 34.0. The van der Waals surface area contributed by atoms with Crippen molar-refractivity contribution in [3.8, 4) is 17.2 Å². The molecule has 0 spiro atoms. The van der Waals surface area contributed by atoms with E-state index in [-0.39, 0.29) is 17.2 Å². The van der Waals surface area contributed by atoms with Crippen molar-refractivity contribution in [2.45, 2.75) is 32.6 Å². The molecule has 0 aliphatic carbocycles. The molecule has 5 aromatic rings. The lowest BCUT2D eigenvalue weighted by Gasteiger charge is -2.27. The van der Waals surface area contributed by atoms with E-state index >= 15 is 0 Å². The molecule has 0 aliphatic rings. The van der Waals surface area contributed by atoms with Crippen LogP contribution < -0.4 is 0 Å². The van der Waals surface area contributed by atoms with Gasteiger partial charge in [-0.25, -0.2) is 0 Å². The zero-order chi connectivity index (χ0) is 26.8. The Morgan fingerprint density at radius 2 is 0.789 bits per heavy atom. The van der Waals surface area contributed by atoms with Gasteiger partial charge in [-0.05, 0) is 44.0 Å². The summed E-state index contributed by atoms with van der Waals surface area (Å²) in [6.45, 7) is 6.01. The lowest BCUT2D eigenvalue weighted by Crippen LogP contribution is -2.10. The molecule has 0 bridgehead atoms. The van der Waals surface area contributed by atoms with Crippen molar-refractivity contribution in [1.29, 1.82) is 0 Å². The van der Waals surface area contributed by atoms with Crippen LogP contribution in [0.5, 0.6) is 17.2 Å². The normalized spacial score (nSPS) is 12.7. The molecule has 0 saturated carbocycles. The lowest BCUT2D eigenvalue weighted by atomic mass is 9.78. The van der Waals surface area contributed by atoms with Crippen LogP contribution in [0.2, 0.25) is 0 Å². The van der Waals surface area contributed by atoms with Gasteiger partial charge in [0.1, 0.15) is 17.2 Å². The fraction of sp³-hybridized carbons (Fsp3) is 0.143. The van der Waals surface area contributed by atoms with Crippen molar-refractivity contribution in [2.75, 3.05) is 0 Å². The molecule has 3 heteroatoms. The molecule has 38 heavy (non-hydrogen) atoms. The smallest absolute Gasteiger partial charge is 0.123 e. The molecule has 5 rings (SSSR count). The van der Waals surface area contributed by atoms with E-state index in [0.29, 0.717) is 11.1 Å². The van der Waals surface area contributed by atoms with Gasteiger partial charge in [-0.3, -0.25) is 0 Å². The highest BCUT2D eigenvalue weighted by molar-refractivity contribution is 5.61. The van der Waals surface area contributed by atoms with E-state index < -0.39 is 11.8 Å². The molecule has 190 valence electrons. The van der Waals surface area contributed by atoms with E-state index in [9.17, 15) is 15.3 Å². The van der Waals surface area contributed by atoms with E-state index in [1.807, 2.05) is 118 Å². The third-order valence-electron chi connectivity index (χ3n) is 7.19. The summed E-state index contributed by atoms with van der Waals surface area (Å²) < 4.78 is 0. The summed E-state index contributed by atoms with van der Waals surface area (Å²) in [7, 11) is 0. The highest BCUT2D eigenvalue weighted by atomic mass is 16.3. The van der Waals surface area contributed by atoms with Crippen LogP contribution in [0.1, 0.15) is 61.9 Å². The summed E-state index contributed by atoms with van der Waals surface area (Å²) in [6.07, 6.45) is 0. The Kier molecular flexibility index (Phi) is 6.93. The van der Waals surface area contributed by atoms with Crippen molar-refractivity contribution in [3.05, 3.63) is 159 Å². The first-order chi connectivity index (χ1) is 18.3. The standard InChI is InChI=1S/C35H32O3/c1-22-14-16-31(36)27(18-22)33(25-10-6-4-7-11-25)29-20-24(3)21-30(35(29)38)34(26-12-8-5-9-13-26)28-19-23(2)15-17-32(28)37/h4-21,33-34,36-38H,1-3H3. The third-order valence-corrected chi connectivity index (χ3v) is 7.19. The predicted octanol–water partition coefficient (Wildman–Crippen LogP) is 8.09. The fourth-order valence-electron chi connectivity index (χ4n) is 5.43. The largest absolute Gasteiger partial charge is 0.508 e. The topological polar surface area (TPSA) is 60.7 Å². The van der Waals surface area contributed by atoms with Crippen LogP contribution in [-0.2, 0) is 0 Å². The SMILES string of the molecule is Cc1ccc(O)c(C(c2ccccc2)c2cc(C)cc(C(c3ccccc3)c3cc(C)ccc3O)c2O)c1. The Morgan fingerprint density at radius 1 is 0.421 bits per heavy atom. The number of phenolic OH excluding ortho intramolecular Hbond substituents is 3. The van der Waals surface area contributed by atoms with Gasteiger partial charge in [0.25, 0.3) is 0 Å². The second-order valence-electron chi connectivity index (χ2n) is 10.1. The monoisotopic (exact) mass is 500 g/mol. The average Bonchev–Trinajstić information content (AvgIpc) is 2.92. The molecule has 0 heterocycles. The van der Waals surface area contributed by atoms with E-state index in [4.69, 9.17) is 0 Å². The van der Waals surface area contributed by atoms with Crippen LogP contribution in [-0.4, -0.2) is 15.3 Å². The maximum Gasteiger partial charge on any atom is 0.123 e. The van der Waals surface area contributed by atoms with Crippen molar-refractivity contribution in [2.24, 2.45) is 0 Å². The van der Waals surface area contributed by atoms with Crippen LogP contribution in [0.15, 0.2) is 109 Å². The van der Waals surface area contributed by atoms with Crippen LogP contribution in [0, 0.1) is 20.8 Å². The van der Waals surface area contributed by atoms with Gasteiger partial charge in [-0.15, -0.1) is 0 Å². The number of phenols is 3. The van der Waals surface area contributed by atoms with Gasteiger partial charge in [0.05, 0.1) is 0 Å².